The number of rotatable bonds is 4. The quantitative estimate of drug-likeness (QED) is 0.546. The van der Waals surface area contributed by atoms with E-state index in [9.17, 15) is 4.79 Å². The van der Waals surface area contributed by atoms with Crippen LogP contribution >= 0.6 is 23.2 Å². The van der Waals surface area contributed by atoms with Crippen molar-refractivity contribution in [2.75, 3.05) is 5.43 Å². The fourth-order valence-electron chi connectivity index (χ4n) is 1.85. The van der Waals surface area contributed by atoms with Gasteiger partial charge in [0, 0.05) is 10.6 Å². The molecule has 9 heteroatoms. The van der Waals surface area contributed by atoms with Crippen LogP contribution in [0, 0.1) is 6.92 Å². The number of hydrogen-bond acceptors (Lipinski definition) is 6. The van der Waals surface area contributed by atoms with E-state index >= 15 is 0 Å². The first-order chi connectivity index (χ1) is 11.5. The van der Waals surface area contributed by atoms with E-state index in [0.29, 0.717) is 27.1 Å². The van der Waals surface area contributed by atoms with Crippen molar-refractivity contribution in [3.05, 3.63) is 62.2 Å². The van der Waals surface area contributed by atoms with Crippen molar-refractivity contribution < 1.29 is 4.42 Å². The summed E-state index contributed by atoms with van der Waals surface area (Å²) in [6.07, 6.45) is 1.43. The number of aromatic nitrogens is 3. The van der Waals surface area contributed by atoms with Gasteiger partial charge in [0.1, 0.15) is 17.2 Å². The smallest absolute Gasteiger partial charge is 0.274 e. The highest BCUT2D eigenvalue weighted by molar-refractivity contribution is 6.35. The second kappa shape index (κ2) is 6.86. The van der Waals surface area contributed by atoms with E-state index in [0.717, 1.165) is 0 Å². The number of nitrogens with one attached hydrogen (secondary N) is 2. The molecular weight excluding hydrogens is 353 g/mol. The summed E-state index contributed by atoms with van der Waals surface area (Å²) in [7, 11) is 0. The molecule has 7 nitrogen and oxygen atoms in total. The van der Waals surface area contributed by atoms with Gasteiger partial charge in [-0.25, -0.2) is 5.43 Å². The van der Waals surface area contributed by atoms with Gasteiger partial charge in [-0.1, -0.05) is 23.2 Å². The Kier molecular flexibility index (Phi) is 4.64. The Labute approximate surface area is 146 Å². The second-order valence-corrected chi connectivity index (χ2v) is 5.63. The Balaban J connectivity index is 1.75. The number of nitrogens with zero attached hydrogens (tertiary/aromatic N) is 3. The number of aryl methyl sites for hydroxylation is 1. The predicted molar refractivity (Wildman–Crippen MR) is 92.8 cm³/mol. The lowest BCUT2D eigenvalue weighted by atomic mass is 10.2. The van der Waals surface area contributed by atoms with Crippen molar-refractivity contribution in [1.29, 1.82) is 0 Å². The fourth-order valence-corrected chi connectivity index (χ4v) is 2.24. The third-order valence-electron chi connectivity index (χ3n) is 3.04. The molecule has 0 aliphatic rings. The van der Waals surface area contributed by atoms with Crippen LogP contribution in [-0.4, -0.2) is 21.4 Å². The fraction of sp³-hybridized carbons (Fsp3) is 0.0667. The summed E-state index contributed by atoms with van der Waals surface area (Å²) in [6, 6.07) is 8.59. The van der Waals surface area contributed by atoms with Crippen molar-refractivity contribution in [1.82, 2.24) is 15.2 Å². The van der Waals surface area contributed by atoms with Crippen molar-refractivity contribution in [3.8, 4) is 11.3 Å². The Morgan fingerprint density at radius 2 is 2.08 bits per heavy atom. The molecule has 2 heterocycles. The Bertz CT molecular complexity index is 964. The van der Waals surface area contributed by atoms with Crippen LogP contribution < -0.4 is 11.0 Å². The molecule has 2 aromatic heterocycles. The molecule has 0 aliphatic heterocycles. The van der Waals surface area contributed by atoms with Crippen LogP contribution in [0.4, 0.5) is 5.95 Å². The minimum Gasteiger partial charge on any atom is -0.455 e. The summed E-state index contributed by atoms with van der Waals surface area (Å²) in [4.78, 5) is 13.9. The predicted octanol–water partition coefficient (Wildman–Crippen LogP) is 3.49. The molecule has 0 saturated heterocycles. The van der Waals surface area contributed by atoms with E-state index in [1.165, 1.54) is 6.21 Å². The van der Waals surface area contributed by atoms with Crippen LogP contribution in [0.5, 0.6) is 0 Å². The largest absolute Gasteiger partial charge is 0.455 e. The Hall–Kier alpha value is -2.64. The second-order valence-electron chi connectivity index (χ2n) is 4.78. The van der Waals surface area contributed by atoms with Crippen LogP contribution in [-0.2, 0) is 0 Å². The Morgan fingerprint density at radius 3 is 2.88 bits per heavy atom. The van der Waals surface area contributed by atoms with Gasteiger partial charge in [0.25, 0.3) is 5.56 Å². The summed E-state index contributed by atoms with van der Waals surface area (Å²) in [6.45, 7) is 1.56. The van der Waals surface area contributed by atoms with E-state index in [-0.39, 0.29) is 17.2 Å². The molecule has 122 valence electrons. The van der Waals surface area contributed by atoms with Crippen molar-refractivity contribution >= 4 is 35.4 Å². The van der Waals surface area contributed by atoms with Gasteiger partial charge < -0.3 is 4.42 Å². The van der Waals surface area contributed by atoms with Gasteiger partial charge in [-0.3, -0.25) is 9.78 Å². The molecule has 0 aliphatic carbocycles. The van der Waals surface area contributed by atoms with Gasteiger partial charge in [0.2, 0.25) is 5.95 Å². The summed E-state index contributed by atoms with van der Waals surface area (Å²) in [5.74, 6) is 1.18. The van der Waals surface area contributed by atoms with E-state index in [1.54, 1.807) is 37.3 Å². The number of benzene rings is 1. The molecule has 0 unspecified atom stereocenters. The zero-order valence-electron chi connectivity index (χ0n) is 12.4. The molecule has 0 saturated carbocycles. The maximum Gasteiger partial charge on any atom is 0.274 e. The van der Waals surface area contributed by atoms with Crippen molar-refractivity contribution in [3.63, 3.8) is 0 Å². The normalized spacial score (nSPS) is 11.1. The molecule has 24 heavy (non-hydrogen) atoms. The summed E-state index contributed by atoms with van der Waals surface area (Å²) >= 11 is 12.1. The van der Waals surface area contributed by atoms with Crippen molar-refractivity contribution in [2.45, 2.75) is 6.92 Å². The molecule has 1 aromatic carbocycles. The highest BCUT2D eigenvalue weighted by Crippen LogP contribution is 2.31. The van der Waals surface area contributed by atoms with Gasteiger partial charge in [0.15, 0.2) is 0 Å². The lowest BCUT2D eigenvalue weighted by Crippen LogP contribution is -2.15. The Morgan fingerprint density at radius 1 is 1.25 bits per heavy atom. The van der Waals surface area contributed by atoms with Gasteiger partial charge in [-0.15, -0.1) is 10.2 Å². The van der Waals surface area contributed by atoms with Crippen LogP contribution in [0.25, 0.3) is 11.3 Å². The van der Waals surface area contributed by atoms with Crippen LogP contribution in [0.15, 0.2) is 44.6 Å². The van der Waals surface area contributed by atoms with Crippen LogP contribution in [0.2, 0.25) is 10.0 Å². The molecule has 2 N–H and O–H groups in total. The minimum atomic E-state index is -0.335. The summed E-state index contributed by atoms with van der Waals surface area (Å²) in [5, 5.41) is 12.5. The molecule has 3 aromatic rings. The molecule has 0 radical (unpaired) electrons. The summed E-state index contributed by atoms with van der Waals surface area (Å²) < 4.78 is 5.65. The first kappa shape index (κ1) is 16.2. The van der Waals surface area contributed by atoms with Gasteiger partial charge in [0.05, 0.1) is 11.2 Å². The maximum absolute atomic E-state index is 11.4. The topological polar surface area (TPSA) is 96.2 Å². The van der Waals surface area contributed by atoms with E-state index in [2.05, 4.69) is 25.7 Å². The first-order valence-corrected chi connectivity index (χ1v) is 7.56. The monoisotopic (exact) mass is 363 g/mol. The number of hydrazone groups is 1. The standard InChI is InChI=1S/C15H11Cl2N5O2/c1-8-14(23)19-15(22-20-8)21-18-7-10-3-5-13(24-10)11-6-9(16)2-4-12(11)17/h2-7H,1H3,(H2,19,21,22,23)/b18-7-. The number of furan rings is 1. The highest BCUT2D eigenvalue weighted by atomic mass is 35.5. The number of halogens is 2. The number of aromatic amines is 1. The molecule has 0 spiro atoms. The van der Waals surface area contributed by atoms with E-state index in [4.69, 9.17) is 27.6 Å². The first-order valence-electron chi connectivity index (χ1n) is 6.81. The molecule has 0 amide bonds. The molecular formula is C15H11Cl2N5O2. The lowest BCUT2D eigenvalue weighted by Gasteiger charge is -2.01. The average Bonchev–Trinajstić information content (AvgIpc) is 3.02. The summed E-state index contributed by atoms with van der Waals surface area (Å²) in [5.41, 5.74) is 3.19. The molecule has 0 atom stereocenters. The van der Waals surface area contributed by atoms with E-state index in [1.807, 2.05) is 0 Å². The van der Waals surface area contributed by atoms with Crippen LogP contribution in [0.3, 0.4) is 0 Å². The third kappa shape index (κ3) is 3.64. The van der Waals surface area contributed by atoms with Gasteiger partial charge >= 0.3 is 0 Å². The maximum atomic E-state index is 11.4. The number of H-pyrrole nitrogens is 1. The van der Waals surface area contributed by atoms with Gasteiger partial charge in [-0.2, -0.15) is 5.10 Å². The third-order valence-corrected chi connectivity index (χ3v) is 3.61. The number of anilines is 1. The lowest BCUT2D eigenvalue weighted by molar-refractivity contribution is 0.575. The highest BCUT2D eigenvalue weighted by Gasteiger charge is 2.08. The van der Waals surface area contributed by atoms with E-state index < -0.39 is 0 Å². The SMILES string of the molecule is Cc1nnc(N/N=C\c2ccc(-c3cc(Cl)ccc3Cl)o2)[nH]c1=O. The van der Waals surface area contributed by atoms with Crippen LogP contribution in [0.1, 0.15) is 11.5 Å². The minimum absolute atomic E-state index is 0.131. The molecule has 0 bridgehead atoms. The molecule has 0 fully saturated rings. The van der Waals surface area contributed by atoms with Crippen molar-refractivity contribution in [2.24, 2.45) is 5.10 Å². The zero-order valence-corrected chi connectivity index (χ0v) is 13.9. The number of hydrogen-bond donors (Lipinski definition) is 2. The molecule has 3 rings (SSSR count). The zero-order chi connectivity index (χ0) is 17.1. The average molecular weight is 364 g/mol. The van der Waals surface area contributed by atoms with Gasteiger partial charge in [-0.05, 0) is 37.3 Å².